The maximum absolute atomic E-state index is 13.3. The molecule has 2 aromatic carbocycles. The van der Waals surface area contributed by atoms with Gasteiger partial charge in [-0.25, -0.2) is 4.79 Å². The molecule has 172 valence electrons. The fourth-order valence-corrected chi connectivity index (χ4v) is 4.62. The van der Waals surface area contributed by atoms with Crippen molar-refractivity contribution in [1.82, 2.24) is 9.80 Å². The largest absolute Gasteiger partial charge is 0.454 e. The molecule has 1 N–H and O–H groups in total. The summed E-state index contributed by atoms with van der Waals surface area (Å²) in [5.41, 5.74) is 2.20. The molecule has 1 fully saturated rings. The van der Waals surface area contributed by atoms with Crippen LogP contribution in [0.25, 0.3) is 0 Å². The number of carbonyl (C=O) groups excluding carboxylic acids is 3. The maximum Gasteiger partial charge on any atom is 0.409 e. The number of nitrogens with zero attached hydrogens (tertiary/aromatic N) is 2. The van der Waals surface area contributed by atoms with E-state index in [1.807, 2.05) is 11.0 Å². The Hall–Kier alpha value is -3.75. The molecule has 0 aromatic heterocycles. The number of benzene rings is 2. The zero-order valence-electron chi connectivity index (χ0n) is 18.3. The molecule has 3 amide bonds. The first kappa shape index (κ1) is 21.1. The normalized spacial score (nSPS) is 17.2. The third-order valence-corrected chi connectivity index (χ3v) is 6.27. The van der Waals surface area contributed by atoms with Gasteiger partial charge in [0.1, 0.15) is 0 Å². The first-order chi connectivity index (χ1) is 16.0. The third kappa shape index (κ3) is 3.94. The van der Waals surface area contributed by atoms with Gasteiger partial charge >= 0.3 is 6.09 Å². The molecule has 3 aliphatic heterocycles. The van der Waals surface area contributed by atoms with Crippen molar-refractivity contribution in [3.63, 3.8) is 0 Å². The van der Waals surface area contributed by atoms with Crippen molar-refractivity contribution in [2.24, 2.45) is 0 Å². The summed E-state index contributed by atoms with van der Waals surface area (Å²) in [6.45, 7) is 3.83. The zero-order chi connectivity index (χ0) is 22.9. The van der Waals surface area contributed by atoms with Crippen LogP contribution in [-0.4, -0.2) is 60.2 Å². The molecule has 0 unspecified atom stereocenters. The minimum atomic E-state index is -0.349. The SMILES string of the molecule is CCOC(=O)N1CCC(N2Cc3cccc(C(=O)Nc4ccc5c(c4)OCO5)c3C2=O)CC1. The van der Waals surface area contributed by atoms with E-state index < -0.39 is 0 Å². The molecule has 1 saturated heterocycles. The van der Waals surface area contributed by atoms with Crippen LogP contribution in [0.15, 0.2) is 36.4 Å². The molecular formula is C24H25N3O6. The lowest BCUT2D eigenvalue weighted by Crippen LogP contribution is -2.47. The number of likely N-dealkylation sites (tertiary alicyclic amines) is 1. The van der Waals surface area contributed by atoms with E-state index in [-0.39, 0.29) is 30.7 Å². The summed E-state index contributed by atoms with van der Waals surface area (Å²) in [5, 5.41) is 2.86. The summed E-state index contributed by atoms with van der Waals surface area (Å²) in [6, 6.07) is 10.6. The predicted octanol–water partition coefficient (Wildman–Crippen LogP) is 3.24. The van der Waals surface area contributed by atoms with E-state index in [2.05, 4.69) is 5.32 Å². The molecule has 33 heavy (non-hydrogen) atoms. The smallest absolute Gasteiger partial charge is 0.409 e. The van der Waals surface area contributed by atoms with Crippen LogP contribution >= 0.6 is 0 Å². The number of fused-ring (bicyclic) bond motifs is 2. The Balaban J connectivity index is 1.29. The Morgan fingerprint density at radius 2 is 1.91 bits per heavy atom. The number of nitrogens with one attached hydrogen (secondary N) is 1. The standard InChI is InChI=1S/C24H25N3O6/c1-2-31-24(30)26-10-8-17(9-11-26)27-13-15-4-3-5-18(21(15)23(27)29)22(28)25-16-6-7-19-20(12-16)33-14-32-19/h3-7,12,17H,2,8-11,13-14H2,1H3,(H,25,28). The summed E-state index contributed by atoms with van der Waals surface area (Å²) in [5.74, 6) is 0.713. The lowest BCUT2D eigenvalue weighted by atomic mass is 10.0. The number of anilines is 1. The molecule has 0 spiro atoms. The molecule has 0 saturated carbocycles. The van der Waals surface area contributed by atoms with Gasteiger partial charge in [-0.05, 0) is 43.5 Å². The molecule has 9 heteroatoms. The molecule has 3 aliphatic rings. The Kier molecular flexibility index (Phi) is 5.53. The van der Waals surface area contributed by atoms with Crippen molar-refractivity contribution in [1.29, 1.82) is 0 Å². The van der Waals surface area contributed by atoms with E-state index >= 15 is 0 Å². The number of ether oxygens (including phenoxy) is 3. The van der Waals surface area contributed by atoms with Gasteiger partial charge in [-0.3, -0.25) is 9.59 Å². The highest BCUT2D eigenvalue weighted by Crippen LogP contribution is 2.35. The zero-order valence-corrected chi connectivity index (χ0v) is 18.3. The molecule has 5 rings (SSSR count). The average molecular weight is 451 g/mol. The summed E-state index contributed by atoms with van der Waals surface area (Å²) in [4.78, 5) is 41.9. The van der Waals surface area contributed by atoms with Gasteiger partial charge in [0.15, 0.2) is 11.5 Å². The lowest BCUT2D eigenvalue weighted by molar-refractivity contribution is 0.0556. The highest BCUT2D eigenvalue weighted by Gasteiger charge is 2.37. The topological polar surface area (TPSA) is 97.4 Å². The fourth-order valence-electron chi connectivity index (χ4n) is 4.62. The number of hydrogen-bond donors (Lipinski definition) is 1. The van der Waals surface area contributed by atoms with Crippen LogP contribution in [0, 0.1) is 0 Å². The molecule has 2 aromatic rings. The quantitative estimate of drug-likeness (QED) is 0.767. The Bertz CT molecular complexity index is 1110. The van der Waals surface area contributed by atoms with E-state index in [0.717, 1.165) is 5.56 Å². The fraction of sp³-hybridized carbons (Fsp3) is 0.375. The monoisotopic (exact) mass is 451 g/mol. The van der Waals surface area contributed by atoms with Crippen LogP contribution < -0.4 is 14.8 Å². The van der Waals surface area contributed by atoms with E-state index in [1.54, 1.807) is 42.2 Å². The predicted molar refractivity (Wildman–Crippen MR) is 118 cm³/mol. The van der Waals surface area contributed by atoms with Gasteiger partial charge < -0.3 is 29.3 Å². The maximum atomic E-state index is 13.3. The van der Waals surface area contributed by atoms with Crippen molar-refractivity contribution < 1.29 is 28.6 Å². The van der Waals surface area contributed by atoms with Crippen molar-refractivity contribution in [3.05, 3.63) is 53.1 Å². The summed E-state index contributed by atoms with van der Waals surface area (Å²) in [7, 11) is 0. The van der Waals surface area contributed by atoms with Crippen molar-refractivity contribution in [2.75, 3.05) is 31.8 Å². The van der Waals surface area contributed by atoms with Crippen LogP contribution in [0.1, 0.15) is 46.0 Å². The third-order valence-electron chi connectivity index (χ3n) is 6.27. The number of piperidine rings is 1. The van der Waals surface area contributed by atoms with Gasteiger partial charge in [0.05, 0.1) is 17.7 Å². The number of hydrogen-bond acceptors (Lipinski definition) is 6. The number of rotatable bonds is 4. The van der Waals surface area contributed by atoms with Gasteiger partial charge in [0.25, 0.3) is 11.8 Å². The molecule has 9 nitrogen and oxygen atoms in total. The second kappa shape index (κ2) is 8.65. The van der Waals surface area contributed by atoms with Gasteiger partial charge in [0.2, 0.25) is 6.79 Å². The van der Waals surface area contributed by atoms with E-state index in [1.165, 1.54) is 0 Å². The first-order valence-electron chi connectivity index (χ1n) is 11.1. The van der Waals surface area contributed by atoms with Gasteiger partial charge in [-0.1, -0.05) is 12.1 Å². The van der Waals surface area contributed by atoms with Crippen molar-refractivity contribution >= 4 is 23.6 Å². The Labute approximate surface area is 191 Å². The van der Waals surface area contributed by atoms with Crippen molar-refractivity contribution in [3.8, 4) is 11.5 Å². The number of carbonyl (C=O) groups is 3. The summed E-state index contributed by atoms with van der Waals surface area (Å²) >= 11 is 0. The Morgan fingerprint density at radius 3 is 2.70 bits per heavy atom. The van der Waals surface area contributed by atoms with Crippen LogP contribution in [0.5, 0.6) is 11.5 Å². The van der Waals surface area contributed by atoms with E-state index in [4.69, 9.17) is 14.2 Å². The highest BCUT2D eigenvalue weighted by molar-refractivity contribution is 6.13. The minimum Gasteiger partial charge on any atom is -0.454 e. The van der Waals surface area contributed by atoms with E-state index in [0.29, 0.717) is 67.4 Å². The summed E-state index contributed by atoms with van der Waals surface area (Å²) < 4.78 is 15.7. The molecular weight excluding hydrogens is 426 g/mol. The highest BCUT2D eigenvalue weighted by atomic mass is 16.7. The second-order valence-electron chi connectivity index (χ2n) is 8.21. The molecule has 0 atom stereocenters. The van der Waals surface area contributed by atoms with E-state index in [9.17, 15) is 14.4 Å². The van der Waals surface area contributed by atoms with Gasteiger partial charge in [-0.2, -0.15) is 0 Å². The lowest BCUT2D eigenvalue weighted by Gasteiger charge is -2.36. The van der Waals surface area contributed by atoms with Gasteiger partial charge in [0, 0.05) is 37.4 Å². The molecule has 0 bridgehead atoms. The average Bonchev–Trinajstić information content (AvgIpc) is 3.43. The van der Waals surface area contributed by atoms with Crippen molar-refractivity contribution in [2.45, 2.75) is 32.4 Å². The van der Waals surface area contributed by atoms with Crippen LogP contribution in [0.4, 0.5) is 10.5 Å². The molecule has 0 radical (unpaired) electrons. The van der Waals surface area contributed by atoms with Crippen LogP contribution in [0.3, 0.4) is 0 Å². The second-order valence-corrected chi connectivity index (χ2v) is 8.21. The Morgan fingerprint density at radius 1 is 1.12 bits per heavy atom. The van der Waals surface area contributed by atoms with Crippen LogP contribution in [-0.2, 0) is 11.3 Å². The summed E-state index contributed by atoms with van der Waals surface area (Å²) in [6.07, 6.45) is 1.05. The van der Waals surface area contributed by atoms with Crippen LogP contribution in [0.2, 0.25) is 0 Å². The minimum absolute atomic E-state index is 0.0142. The molecule has 0 aliphatic carbocycles. The van der Waals surface area contributed by atoms with Gasteiger partial charge in [-0.15, -0.1) is 0 Å². The first-order valence-corrected chi connectivity index (χ1v) is 11.1. The number of amides is 3. The molecule has 3 heterocycles.